The van der Waals surface area contributed by atoms with Crippen LogP contribution in [0.2, 0.25) is 0 Å². The van der Waals surface area contributed by atoms with E-state index in [1.165, 1.54) is 0 Å². The predicted octanol–water partition coefficient (Wildman–Crippen LogP) is 4.72. The van der Waals surface area contributed by atoms with Crippen LogP contribution in [0.1, 0.15) is 41.3 Å². The van der Waals surface area contributed by atoms with Crippen LogP contribution in [0.5, 0.6) is 0 Å². The Balaban J connectivity index is 1.47. The standard InChI is InChI=1S/C29H32N6O4S/c1-18-12-19(2)14-22(13-18)29(38)40(39)17-24(16-28(36)37)32-23-4-5-25-21(15-23)9-11-35(25)27-7-6-26(33-34-27)31-10-8-20(3)30/h4-7,9,11-15,24,30,32H,8,10,16-17H2,1-3H3,(H,31,33)(H,36,37)/t24-,40?/m1/s1. The lowest BCUT2D eigenvalue weighted by atomic mass is 10.1. The fourth-order valence-corrected chi connectivity index (χ4v) is 5.54. The van der Waals surface area contributed by atoms with Gasteiger partial charge in [0.1, 0.15) is 5.82 Å². The van der Waals surface area contributed by atoms with E-state index >= 15 is 0 Å². The van der Waals surface area contributed by atoms with Crippen molar-refractivity contribution in [2.75, 3.05) is 22.9 Å². The molecule has 10 nitrogen and oxygen atoms in total. The molecule has 0 aliphatic heterocycles. The van der Waals surface area contributed by atoms with Crippen LogP contribution in [0, 0.1) is 19.3 Å². The Hall–Kier alpha value is -4.38. The topological polar surface area (TPSA) is 150 Å². The number of aromatic nitrogens is 3. The number of hydrogen-bond donors (Lipinski definition) is 4. The molecular formula is C29H32N6O4S. The molecule has 2 aromatic heterocycles. The van der Waals surface area contributed by atoms with Gasteiger partial charge in [-0.15, -0.1) is 10.2 Å². The molecule has 0 aliphatic carbocycles. The SMILES string of the molecule is CC(=N)CCNc1ccc(-n2ccc3cc(N[C@H](CC(=O)O)CS(=O)C(=O)c4cc(C)cc(C)c4)ccc32)nn1. The van der Waals surface area contributed by atoms with E-state index in [1.54, 1.807) is 19.1 Å². The number of carboxylic acid groups (broad SMARTS) is 1. The molecule has 2 heterocycles. The fourth-order valence-electron chi connectivity index (χ4n) is 4.44. The average Bonchev–Trinajstić information content (AvgIpc) is 3.30. The molecule has 0 saturated carbocycles. The third-order valence-electron chi connectivity index (χ3n) is 6.20. The number of carbonyl (C=O) groups is 2. The van der Waals surface area contributed by atoms with Crippen molar-refractivity contribution in [1.29, 1.82) is 5.41 Å². The molecular weight excluding hydrogens is 528 g/mol. The summed E-state index contributed by atoms with van der Waals surface area (Å²) in [6, 6.07) is 15.8. The normalized spacial score (nSPS) is 12.6. The van der Waals surface area contributed by atoms with Gasteiger partial charge in [-0.25, -0.2) is 0 Å². The maximum Gasteiger partial charge on any atom is 0.305 e. The second kappa shape index (κ2) is 12.6. The summed E-state index contributed by atoms with van der Waals surface area (Å²) >= 11 is 0. The van der Waals surface area contributed by atoms with Crippen molar-refractivity contribution in [1.82, 2.24) is 14.8 Å². The Morgan fingerprint density at radius 1 is 1.05 bits per heavy atom. The Labute approximate surface area is 234 Å². The van der Waals surface area contributed by atoms with E-state index in [0.717, 1.165) is 22.0 Å². The third-order valence-corrected chi connectivity index (χ3v) is 7.56. The summed E-state index contributed by atoms with van der Waals surface area (Å²) in [5, 5.41) is 32.1. The quantitative estimate of drug-likeness (QED) is 0.182. The summed E-state index contributed by atoms with van der Waals surface area (Å²) in [4.78, 5) is 24.4. The molecule has 0 aliphatic rings. The Morgan fingerprint density at radius 3 is 2.45 bits per heavy atom. The van der Waals surface area contributed by atoms with E-state index in [0.29, 0.717) is 41.6 Å². The van der Waals surface area contributed by atoms with E-state index in [9.17, 15) is 18.9 Å². The number of fused-ring (bicyclic) bond motifs is 1. The summed E-state index contributed by atoms with van der Waals surface area (Å²) in [5.74, 6) is 0.0800. The van der Waals surface area contributed by atoms with Gasteiger partial charge in [-0.2, -0.15) is 0 Å². The molecule has 0 spiro atoms. The lowest BCUT2D eigenvalue weighted by Gasteiger charge is -2.18. The van der Waals surface area contributed by atoms with Gasteiger partial charge in [-0.05, 0) is 69.3 Å². The van der Waals surface area contributed by atoms with E-state index < -0.39 is 27.9 Å². The van der Waals surface area contributed by atoms with Crippen LogP contribution < -0.4 is 10.6 Å². The monoisotopic (exact) mass is 560 g/mol. The molecule has 4 N–H and O–H groups in total. The highest BCUT2D eigenvalue weighted by Crippen LogP contribution is 2.24. The van der Waals surface area contributed by atoms with Crippen molar-refractivity contribution in [3.8, 4) is 5.82 Å². The van der Waals surface area contributed by atoms with Gasteiger partial charge in [0.05, 0.1) is 28.5 Å². The van der Waals surface area contributed by atoms with Crippen LogP contribution >= 0.6 is 0 Å². The zero-order valence-electron chi connectivity index (χ0n) is 22.6. The zero-order chi connectivity index (χ0) is 28.8. The molecule has 4 rings (SSSR count). The third kappa shape index (κ3) is 7.38. The van der Waals surface area contributed by atoms with Crippen LogP contribution in [0.3, 0.4) is 0 Å². The number of anilines is 2. The molecule has 11 heteroatoms. The fraction of sp³-hybridized carbons (Fsp3) is 0.276. The molecule has 0 bridgehead atoms. The first kappa shape index (κ1) is 28.6. The first-order valence-electron chi connectivity index (χ1n) is 12.8. The van der Waals surface area contributed by atoms with Gasteiger partial charge in [0.25, 0.3) is 0 Å². The van der Waals surface area contributed by atoms with E-state index in [2.05, 4.69) is 20.8 Å². The summed E-state index contributed by atoms with van der Waals surface area (Å²) in [7, 11) is -1.91. The largest absolute Gasteiger partial charge is 0.481 e. The molecule has 208 valence electrons. The van der Waals surface area contributed by atoms with Crippen molar-refractivity contribution in [3.63, 3.8) is 0 Å². The van der Waals surface area contributed by atoms with Crippen molar-refractivity contribution in [2.45, 2.75) is 39.7 Å². The van der Waals surface area contributed by atoms with Gasteiger partial charge in [-0.3, -0.25) is 18.4 Å². The smallest absolute Gasteiger partial charge is 0.305 e. The van der Waals surface area contributed by atoms with Gasteiger partial charge >= 0.3 is 5.97 Å². The van der Waals surface area contributed by atoms with Crippen LogP contribution in [0.15, 0.2) is 60.8 Å². The highest BCUT2D eigenvalue weighted by Gasteiger charge is 2.22. The Morgan fingerprint density at radius 2 is 1.80 bits per heavy atom. The van der Waals surface area contributed by atoms with Gasteiger partial charge in [-0.1, -0.05) is 17.2 Å². The van der Waals surface area contributed by atoms with Gasteiger partial charge in [0.2, 0.25) is 5.12 Å². The minimum absolute atomic E-state index is 0.132. The number of benzene rings is 2. The number of nitrogens with zero attached hydrogens (tertiary/aromatic N) is 3. The zero-order valence-corrected chi connectivity index (χ0v) is 23.4. The maximum absolute atomic E-state index is 12.9. The number of rotatable bonds is 12. The molecule has 1 unspecified atom stereocenters. The molecule has 2 atom stereocenters. The number of aryl methyl sites for hydroxylation is 2. The summed E-state index contributed by atoms with van der Waals surface area (Å²) in [5.41, 5.74) is 4.28. The van der Waals surface area contributed by atoms with Crippen molar-refractivity contribution in [3.05, 3.63) is 77.5 Å². The van der Waals surface area contributed by atoms with Crippen molar-refractivity contribution < 1.29 is 18.9 Å². The summed E-state index contributed by atoms with van der Waals surface area (Å²) < 4.78 is 14.8. The second-order valence-corrected chi connectivity index (χ2v) is 11.2. The molecule has 40 heavy (non-hydrogen) atoms. The van der Waals surface area contributed by atoms with Crippen molar-refractivity contribution >= 4 is 50.0 Å². The van der Waals surface area contributed by atoms with Crippen molar-refractivity contribution in [2.24, 2.45) is 0 Å². The van der Waals surface area contributed by atoms with Gasteiger partial charge in [0.15, 0.2) is 5.82 Å². The minimum Gasteiger partial charge on any atom is -0.481 e. The lowest BCUT2D eigenvalue weighted by Crippen LogP contribution is -2.31. The second-order valence-electron chi connectivity index (χ2n) is 9.81. The highest BCUT2D eigenvalue weighted by atomic mass is 32.2. The predicted molar refractivity (Wildman–Crippen MR) is 158 cm³/mol. The summed E-state index contributed by atoms with van der Waals surface area (Å²) in [6.07, 6.45) is 2.21. The molecule has 0 amide bonds. The van der Waals surface area contributed by atoms with Crippen LogP contribution in [-0.4, -0.2) is 59.2 Å². The number of carbonyl (C=O) groups excluding carboxylic acids is 1. The Bertz CT molecular complexity index is 1560. The maximum atomic E-state index is 12.9. The van der Waals surface area contributed by atoms with Crippen LogP contribution in [0.4, 0.5) is 11.5 Å². The van der Waals surface area contributed by atoms with Crippen LogP contribution in [-0.2, 0) is 15.6 Å². The molecule has 0 radical (unpaired) electrons. The minimum atomic E-state index is -1.91. The number of aliphatic carboxylic acids is 1. The molecule has 0 saturated heterocycles. The highest BCUT2D eigenvalue weighted by molar-refractivity contribution is 8.00. The van der Waals surface area contributed by atoms with Crippen LogP contribution in [0.25, 0.3) is 16.7 Å². The van der Waals surface area contributed by atoms with Gasteiger partial charge in [0, 0.05) is 47.6 Å². The van der Waals surface area contributed by atoms with Gasteiger partial charge < -0.3 is 21.1 Å². The number of nitrogens with one attached hydrogen (secondary N) is 3. The van der Waals surface area contributed by atoms with E-state index in [-0.39, 0.29) is 12.2 Å². The Kier molecular flexibility index (Phi) is 9.05. The summed E-state index contributed by atoms with van der Waals surface area (Å²) in [6.45, 7) is 6.11. The van der Waals surface area contributed by atoms with E-state index in [4.69, 9.17) is 5.41 Å². The van der Waals surface area contributed by atoms with E-state index in [1.807, 2.05) is 67.1 Å². The number of hydrogen-bond acceptors (Lipinski definition) is 8. The average molecular weight is 561 g/mol. The number of carboxylic acids is 1. The molecule has 4 aromatic rings. The lowest BCUT2D eigenvalue weighted by molar-refractivity contribution is -0.137. The first-order chi connectivity index (χ1) is 19.1. The first-order valence-corrected chi connectivity index (χ1v) is 14.1. The molecule has 0 fully saturated rings. The molecule has 2 aromatic carbocycles.